The zero-order chi connectivity index (χ0) is 21.1. The van der Waals surface area contributed by atoms with E-state index in [2.05, 4.69) is 17.2 Å². The minimum atomic E-state index is -1.18. The average molecular weight is 415 g/mol. The Balaban J connectivity index is 1.98. The lowest BCUT2D eigenvalue weighted by Gasteiger charge is -2.27. The number of amides is 1. The Hall–Kier alpha value is -2.77. The van der Waals surface area contributed by atoms with Crippen molar-refractivity contribution in [3.05, 3.63) is 67.3 Å². The summed E-state index contributed by atoms with van der Waals surface area (Å²) in [5.41, 5.74) is -0.467. The Kier molecular flexibility index (Phi) is 8.76. The maximum atomic E-state index is 12.5. The van der Waals surface area contributed by atoms with Gasteiger partial charge in [0.05, 0.1) is 19.3 Å². The number of hydrogen-bond acceptors (Lipinski definition) is 6. The van der Waals surface area contributed by atoms with Crippen LogP contribution in [0, 0.1) is 0 Å². The van der Waals surface area contributed by atoms with E-state index in [0.717, 1.165) is 10.6 Å². The molecule has 0 aliphatic heterocycles. The molecule has 1 atom stereocenters. The van der Waals surface area contributed by atoms with Gasteiger partial charge in [-0.3, -0.25) is 10.1 Å². The molecule has 0 aromatic heterocycles. The van der Waals surface area contributed by atoms with E-state index in [1.807, 2.05) is 42.5 Å². The van der Waals surface area contributed by atoms with Gasteiger partial charge in [-0.15, -0.1) is 18.3 Å². The molecule has 29 heavy (non-hydrogen) atoms. The van der Waals surface area contributed by atoms with Gasteiger partial charge in [0.25, 0.3) is 0 Å². The van der Waals surface area contributed by atoms with Crippen molar-refractivity contribution < 1.29 is 19.1 Å². The van der Waals surface area contributed by atoms with Gasteiger partial charge in [-0.2, -0.15) is 0 Å². The second-order valence-corrected chi connectivity index (χ2v) is 7.48. The summed E-state index contributed by atoms with van der Waals surface area (Å²) in [4.78, 5) is 25.7. The van der Waals surface area contributed by atoms with Gasteiger partial charge >= 0.3 is 5.97 Å². The summed E-state index contributed by atoms with van der Waals surface area (Å²) >= 11 is 1.58. The molecule has 0 fully saturated rings. The Morgan fingerprint density at radius 1 is 1.14 bits per heavy atom. The lowest BCUT2D eigenvalue weighted by Crippen LogP contribution is -2.56. The second kappa shape index (κ2) is 11.3. The Morgan fingerprint density at radius 3 is 2.52 bits per heavy atom. The maximum Gasteiger partial charge on any atom is 0.329 e. The number of para-hydroxylation sites is 2. The molecular formula is C22H26N2O4S. The first-order valence-electron chi connectivity index (χ1n) is 9.12. The molecule has 0 spiro atoms. The molecular weight excluding hydrogens is 388 g/mol. The van der Waals surface area contributed by atoms with Crippen LogP contribution >= 0.6 is 11.8 Å². The SMILES string of the molecule is C=CCSc1ccccc1NC(=O)CNC(C)(COc1ccccc1)C(=O)OC. The van der Waals surface area contributed by atoms with E-state index in [9.17, 15) is 9.59 Å². The number of carbonyl (C=O) groups is 2. The fourth-order valence-corrected chi connectivity index (χ4v) is 3.21. The van der Waals surface area contributed by atoms with Gasteiger partial charge in [-0.25, -0.2) is 4.79 Å². The molecule has 0 saturated heterocycles. The molecule has 1 amide bonds. The molecule has 1 unspecified atom stereocenters. The van der Waals surface area contributed by atoms with E-state index in [1.54, 1.807) is 36.9 Å². The Bertz CT molecular complexity index is 829. The summed E-state index contributed by atoms with van der Waals surface area (Å²) in [6.45, 7) is 5.29. The normalized spacial score (nSPS) is 12.5. The topological polar surface area (TPSA) is 76.7 Å². The molecule has 0 aliphatic carbocycles. The van der Waals surface area contributed by atoms with Crippen LogP contribution < -0.4 is 15.4 Å². The quantitative estimate of drug-likeness (QED) is 0.333. The van der Waals surface area contributed by atoms with E-state index in [0.29, 0.717) is 11.4 Å². The highest BCUT2D eigenvalue weighted by atomic mass is 32.2. The smallest absolute Gasteiger partial charge is 0.329 e. The first-order chi connectivity index (χ1) is 14.0. The molecule has 0 bridgehead atoms. The van der Waals surface area contributed by atoms with Gasteiger partial charge in [-0.1, -0.05) is 36.4 Å². The van der Waals surface area contributed by atoms with E-state index in [-0.39, 0.29) is 19.1 Å². The Labute approximate surface area is 175 Å². The van der Waals surface area contributed by atoms with Crippen LogP contribution in [0.1, 0.15) is 6.92 Å². The minimum Gasteiger partial charge on any atom is -0.491 e. The standard InChI is InChI=1S/C22H26N2O4S/c1-4-14-29-19-13-9-8-12-18(19)24-20(25)15-23-22(2,21(26)27-3)16-28-17-10-6-5-7-11-17/h4-13,23H,1,14-16H2,2-3H3,(H,24,25). The van der Waals surface area contributed by atoms with Crippen LogP contribution in [0.4, 0.5) is 5.69 Å². The van der Waals surface area contributed by atoms with Crippen LogP contribution in [0.15, 0.2) is 72.1 Å². The lowest BCUT2D eigenvalue weighted by atomic mass is 10.0. The number of benzene rings is 2. The minimum absolute atomic E-state index is 0.0166. The summed E-state index contributed by atoms with van der Waals surface area (Å²) in [7, 11) is 1.30. The maximum absolute atomic E-state index is 12.5. The number of anilines is 1. The molecule has 2 aromatic carbocycles. The molecule has 154 valence electrons. The van der Waals surface area contributed by atoms with E-state index in [4.69, 9.17) is 9.47 Å². The van der Waals surface area contributed by atoms with Gasteiger partial charge in [0, 0.05) is 10.6 Å². The number of nitrogens with one attached hydrogen (secondary N) is 2. The van der Waals surface area contributed by atoms with Gasteiger partial charge in [-0.05, 0) is 31.2 Å². The fraction of sp³-hybridized carbons (Fsp3) is 0.273. The summed E-state index contributed by atoms with van der Waals surface area (Å²) in [6.07, 6.45) is 1.80. The first-order valence-corrected chi connectivity index (χ1v) is 10.1. The predicted molar refractivity (Wildman–Crippen MR) is 116 cm³/mol. The van der Waals surface area contributed by atoms with Gasteiger partial charge in [0.1, 0.15) is 17.9 Å². The van der Waals surface area contributed by atoms with E-state index in [1.165, 1.54) is 7.11 Å². The molecule has 6 nitrogen and oxygen atoms in total. The first kappa shape index (κ1) is 22.5. The van der Waals surface area contributed by atoms with Gasteiger partial charge < -0.3 is 14.8 Å². The molecule has 0 aliphatic rings. The highest BCUT2D eigenvalue weighted by Gasteiger charge is 2.35. The molecule has 2 aromatic rings. The largest absolute Gasteiger partial charge is 0.491 e. The second-order valence-electron chi connectivity index (χ2n) is 6.42. The van der Waals surface area contributed by atoms with Crippen LogP contribution in [0.5, 0.6) is 5.75 Å². The molecule has 0 heterocycles. The van der Waals surface area contributed by atoms with Gasteiger partial charge in [0.15, 0.2) is 0 Å². The van der Waals surface area contributed by atoms with Crippen molar-refractivity contribution in [2.75, 3.05) is 31.3 Å². The third-order valence-corrected chi connectivity index (χ3v) is 5.13. The number of carbonyl (C=O) groups excluding carboxylic acids is 2. The van der Waals surface area contributed by atoms with Crippen LogP contribution in [0.3, 0.4) is 0 Å². The predicted octanol–water partition coefficient (Wildman–Crippen LogP) is 3.50. The highest BCUT2D eigenvalue weighted by molar-refractivity contribution is 7.99. The molecule has 7 heteroatoms. The zero-order valence-electron chi connectivity index (χ0n) is 16.6. The number of methoxy groups -OCH3 is 1. The van der Waals surface area contributed by atoms with Crippen LogP contribution in [0.25, 0.3) is 0 Å². The van der Waals surface area contributed by atoms with Crippen molar-refractivity contribution in [3.63, 3.8) is 0 Å². The summed E-state index contributed by atoms with van der Waals surface area (Å²) in [5, 5.41) is 5.84. The number of rotatable bonds is 11. The summed E-state index contributed by atoms with van der Waals surface area (Å²) in [5.74, 6) is 0.583. The highest BCUT2D eigenvalue weighted by Crippen LogP contribution is 2.26. The van der Waals surface area contributed by atoms with E-state index < -0.39 is 11.5 Å². The molecule has 0 saturated carbocycles. The molecule has 2 N–H and O–H groups in total. The monoisotopic (exact) mass is 414 g/mol. The van der Waals surface area contributed by atoms with Crippen LogP contribution in [0.2, 0.25) is 0 Å². The van der Waals surface area contributed by atoms with Crippen molar-refractivity contribution in [2.24, 2.45) is 0 Å². The average Bonchev–Trinajstić information content (AvgIpc) is 2.76. The molecule has 0 radical (unpaired) electrons. The number of hydrogen-bond donors (Lipinski definition) is 2. The third kappa shape index (κ3) is 6.96. The Morgan fingerprint density at radius 2 is 1.83 bits per heavy atom. The number of esters is 1. The third-order valence-electron chi connectivity index (χ3n) is 4.06. The van der Waals surface area contributed by atoms with Crippen LogP contribution in [-0.4, -0.2) is 43.4 Å². The van der Waals surface area contributed by atoms with Crippen molar-refractivity contribution in [1.29, 1.82) is 0 Å². The van der Waals surface area contributed by atoms with Crippen molar-refractivity contribution in [2.45, 2.75) is 17.4 Å². The summed E-state index contributed by atoms with van der Waals surface area (Å²) < 4.78 is 10.6. The van der Waals surface area contributed by atoms with E-state index >= 15 is 0 Å². The van der Waals surface area contributed by atoms with Crippen molar-refractivity contribution in [3.8, 4) is 5.75 Å². The van der Waals surface area contributed by atoms with Gasteiger partial charge in [0.2, 0.25) is 5.91 Å². The van der Waals surface area contributed by atoms with Crippen molar-refractivity contribution in [1.82, 2.24) is 5.32 Å². The fourth-order valence-electron chi connectivity index (χ4n) is 2.47. The van der Waals surface area contributed by atoms with Crippen molar-refractivity contribution >= 4 is 29.3 Å². The summed E-state index contributed by atoms with van der Waals surface area (Å²) in [6, 6.07) is 16.7. The number of ether oxygens (including phenoxy) is 2. The van der Waals surface area contributed by atoms with Crippen LogP contribution in [-0.2, 0) is 14.3 Å². The molecule has 2 rings (SSSR count). The lowest BCUT2D eigenvalue weighted by molar-refractivity contribution is -0.149. The number of thioether (sulfide) groups is 1. The zero-order valence-corrected chi connectivity index (χ0v) is 17.5.